The first-order chi connectivity index (χ1) is 11.3. The van der Waals surface area contributed by atoms with E-state index in [-0.39, 0.29) is 0 Å². The molecule has 2 aliphatic rings. The smallest absolute Gasteiger partial charge is 0.389 e. The second-order valence-corrected chi connectivity index (χ2v) is 7.55. The van der Waals surface area contributed by atoms with Crippen LogP contribution >= 0.6 is 31.9 Å². The summed E-state index contributed by atoms with van der Waals surface area (Å²) in [5, 5.41) is 0. The Hall–Kier alpha value is -1.54. The van der Waals surface area contributed by atoms with Crippen LogP contribution < -0.4 is 0 Å². The molecule has 2 aromatic rings. The Balaban J connectivity index is 2.12. The van der Waals surface area contributed by atoms with Crippen molar-refractivity contribution in [1.82, 2.24) is 9.46 Å². The third-order valence-electron chi connectivity index (χ3n) is 4.24. The lowest BCUT2D eigenvalue weighted by molar-refractivity contribution is -0.358. The molecule has 0 spiro atoms. The summed E-state index contributed by atoms with van der Waals surface area (Å²) in [6, 6.07) is 7.24. The third-order valence-corrected chi connectivity index (χ3v) is 5.53. The van der Waals surface area contributed by atoms with Crippen LogP contribution in [0.5, 0.6) is 0 Å². The van der Waals surface area contributed by atoms with Gasteiger partial charge in [-0.05, 0) is 59.6 Å². The first kappa shape index (κ1) is 16.0. The summed E-state index contributed by atoms with van der Waals surface area (Å²) >= 11 is 6.53. The van der Waals surface area contributed by atoms with Gasteiger partial charge in [0.2, 0.25) is 4.62 Å². The van der Waals surface area contributed by atoms with Crippen LogP contribution in [-0.2, 0) is 0 Å². The topological polar surface area (TPSA) is 20.8 Å². The fourth-order valence-electron chi connectivity index (χ4n) is 3.41. The minimum Gasteiger partial charge on any atom is -0.389 e. The lowest BCUT2D eigenvalue weighted by Crippen LogP contribution is -2.50. The number of rotatable bonds is 1. The van der Waals surface area contributed by atoms with E-state index in [4.69, 9.17) is 0 Å². The van der Waals surface area contributed by atoms with Crippen LogP contribution in [-0.4, -0.2) is 25.5 Å². The number of hydrogen-bond donors (Lipinski definition) is 0. The highest BCUT2D eigenvalue weighted by molar-refractivity contribution is 9.18. The molecule has 0 saturated heterocycles. The molecule has 0 atom stereocenters. The van der Waals surface area contributed by atoms with Crippen LogP contribution in [0.2, 0.25) is 0 Å². The van der Waals surface area contributed by atoms with Crippen molar-refractivity contribution < 1.29 is 13.1 Å². The van der Waals surface area contributed by atoms with Crippen LogP contribution in [0.25, 0.3) is 5.57 Å². The van der Waals surface area contributed by atoms with Gasteiger partial charge in [-0.2, -0.15) is 0 Å². The highest BCUT2D eigenvalue weighted by atomic mass is 79.9. The monoisotopic (exact) mass is 453 g/mol. The summed E-state index contributed by atoms with van der Waals surface area (Å²) in [7, 11) is 0. The molecule has 3 nitrogen and oxygen atoms in total. The average Bonchev–Trinajstić information content (AvgIpc) is 3.03. The Labute approximate surface area is 154 Å². The number of nitrogens with zero attached hydrogens (tertiary/aromatic N) is 3. The Morgan fingerprint density at radius 1 is 1.08 bits per heavy atom. The van der Waals surface area contributed by atoms with Gasteiger partial charge in [0.25, 0.3) is 0 Å². The van der Waals surface area contributed by atoms with E-state index < -0.39 is 6.97 Å². The van der Waals surface area contributed by atoms with E-state index in [1.54, 1.807) is 24.3 Å². The number of aryl methyl sites for hydroxylation is 2. The molecule has 24 heavy (non-hydrogen) atoms. The van der Waals surface area contributed by atoms with Gasteiger partial charge < -0.3 is 17.6 Å². The van der Waals surface area contributed by atoms with E-state index in [1.165, 1.54) is 0 Å². The fraction of sp³-hybridized carbons (Fsp3) is 0.125. The standard InChI is InChI=1S/C16H12BBr2F2N3/c1-9-7-11(8-10(2)22-9)16-12-3-5-14(18)23(12)17(20,21)24-13(16)4-6-15(24)19/h3-8H,1-2H3. The summed E-state index contributed by atoms with van der Waals surface area (Å²) < 4.78 is 33.1. The summed E-state index contributed by atoms with van der Waals surface area (Å²) in [5.41, 5.74) is 4.35. The lowest BCUT2D eigenvalue weighted by atomic mass is 9.86. The largest absolute Gasteiger partial charge is 0.738 e. The second kappa shape index (κ2) is 5.23. The zero-order valence-electron chi connectivity index (χ0n) is 12.9. The van der Waals surface area contributed by atoms with Crippen LogP contribution in [0.15, 0.2) is 46.7 Å². The molecule has 2 aliphatic heterocycles. The Morgan fingerprint density at radius 3 is 2.42 bits per heavy atom. The maximum absolute atomic E-state index is 15.1. The predicted molar refractivity (Wildman–Crippen MR) is 98.6 cm³/mol. The minimum atomic E-state index is -3.98. The molecule has 2 aromatic heterocycles. The van der Waals surface area contributed by atoms with Gasteiger partial charge in [-0.15, -0.1) is 0 Å². The van der Waals surface area contributed by atoms with Gasteiger partial charge in [-0.3, -0.25) is 4.98 Å². The van der Waals surface area contributed by atoms with Crippen molar-refractivity contribution in [2.24, 2.45) is 0 Å². The molecule has 0 amide bonds. The van der Waals surface area contributed by atoms with E-state index >= 15 is 8.63 Å². The van der Waals surface area contributed by atoms with E-state index in [2.05, 4.69) is 36.8 Å². The normalized spacial score (nSPS) is 18.2. The third kappa shape index (κ3) is 2.12. The van der Waals surface area contributed by atoms with Gasteiger partial charge in [-0.25, -0.2) is 0 Å². The fourth-order valence-corrected chi connectivity index (χ4v) is 4.55. The first-order valence-corrected chi connectivity index (χ1v) is 8.98. The number of halogens is 4. The molecule has 4 heterocycles. The van der Waals surface area contributed by atoms with E-state index in [9.17, 15) is 0 Å². The van der Waals surface area contributed by atoms with Crippen molar-refractivity contribution >= 4 is 49.0 Å². The van der Waals surface area contributed by atoms with Crippen molar-refractivity contribution in [3.05, 3.63) is 69.4 Å². The maximum Gasteiger partial charge on any atom is 0.738 e. The summed E-state index contributed by atoms with van der Waals surface area (Å²) in [6.45, 7) is -0.168. The molecule has 0 saturated carbocycles. The van der Waals surface area contributed by atoms with Gasteiger partial charge in [0, 0.05) is 45.2 Å². The van der Waals surface area contributed by atoms with Crippen molar-refractivity contribution in [2.75, 3.05) is 0 Å². The molecule has 0 fully saturated rings. The minimum absolute atomic E-state index is 0.355. The van der Waals surface area contributed by atoms with Crippen molar-refractivity contribution in [3.63, 3.8) is 0 Å². The lowest BCUT2D eigenvalue weighted by Gasteiger charge is -2.32. The van der Waals surface area contributed by atoms with Crippen molar-refractivity contribution in [2.45, 2.75) is 13.8 Å². The van der Waals surface area contributed by atoms with Crippen LogP contribution in [0.3, 0.4) is 0 Å². The summed E-state index contributed by atoms with van der Waals surface area (Å²) in [5.74, 6) is 0. The zero-order chi connectivity index (χ0) is 17.2. The highest BCUT2D eigenvalue weighted by Gasteiger charge is 2.54. The zero-order valence-corrected chi connectivity index (χ0v) is 16.1. The van der Waals surface area contributed by atoms with Gasteiger partial charge in [0.05, 0.1) is 10.2 Å². The average molecular weight is 455 g/mol. The van der Waals surface area contributed by atoms with Gasteiger partial charge >= 0.3 is 6.97 Å². The molecular formula is C16H12BBr2F2N3. The Bertz CT molecular complexity index is 969. The summed E-state index contributed by atoms with van der Waals surface area (Å²) in [6.07, 6.45) is 3.39. The molecule has 0 aromatic carbocycles. The molecule has 0 aliphatic carbocycles. The van der Waals surface area contributed by atoms with Gasteiger partial charge in [0.15, 0.2) is 5.70 Å². The van der Waals surface area contributed by atoms with Gasteiger partial charge in [-0.1, -0.05) is 0 Å². The molecule has 8 heteroatoms. The van der Waals surface area contributed by atoms with Crippen molar-refractivity contribution in [3.8, 4) is 0 Å². The first-order valence-electron chi connectivity index (χ1n) is 7.40. The van der Waals surface area contributed by atoms with E-state index in [1.807, 2.05) is 26.0 Å². The molecule has 0 bridgehead atoms. The second-order valence-electron chi connectivity index (χ2n) is 5.92. The predicted octanol–water partition coefficient (Wildman–Crippen LogP) is 4.63. The molecule has 0 unspecified atom stereocenters. The molecule has 122 valence electrons. The van der Waals surface area contributed by atoms with Crippen LogP contribution in [0.4, 0.5) is 8.63 Å². The number of aromatic nitrogens is 2. The number of allylic oxidation sites excluding steroid dienone is 2. The molecular weight excluding hydrogens is 443 g/mol. The highest BCUT2D eigenvalue weighted by Crippen LogP contribution is 2.42. The van der Waals surface area contributed by atoms with E-state index in [0.29, 0.717) is 20.6 Å². The Morgan fingerprint density at radius 2 is 1.75 bits per heavy atom. The van der Waals surface area contributed by atoms with Crippen molar-refractivity contribution in [1.29, 1.82) is 0 Å². The Kier molecular flexibility index (Phi) is 3.48. The molecule has 4 rings (SSSR count). The maximum atomic E-state index is 15.1. The number of hydrogen-bond acceptors (Lipinski definition) is 1. The molecule has 0 N–H and O–H groups in total. The van der Waals surface area contributed by atoms with Crippen LogP contribution in [0.1, 0.15) is 22.6 Å². The van der Waals surface area contributed by atoms with Gasteiger partial charge in [0.1, 0.15) is 0 Å². The van der Waals surface area contributed by atoms with Crippen LogP contribution in [0, 0.1) is 13.8 Å². The number of pyridine rings is 1. The number of fused-ring (bicyclic) bond motifs is 2. The molecule has 0 radical (unpaired) electrons. The van der Waals surface area contributed by atoms with E-state index in [0.717, 1.165) is 31.5 Å². The SMILES string of the molecule is Cc1cc(C2=C3C=CC(Br)=[N+]3[B-](F)(F)n3c(Br)ccc32)cc(C)n1. The quantitative estimate of drug-likeness (QED) is 0.575. The summed E-state index contributed by atoms with van der Waals surface area (Å²) in [4.78, 5) is 4.39.